The minimum Gasteiger partial charge on any atom is -0.314 e. The smallest absolute Gasteiger partial charge is 0.0257 e. The second kappa shape index (κ2) is 5.76. The Morgan fingerprint density at radius 3 is 2.69 bits per heavy atom. The minimum absolute atomic E-state index is 0.567. The molecule has 0 heterocycles. The normalized spacial score (nSPS) is 19.3. The Hall–Kier alpha value is 0.110. The van der Waals surface area contributed by atoms with Crippen LogP contribution in [0.2, 0.25) is 0 Å². The molecule has 0 spiro atoms. The quantitative estimate of drug-likeness (QED) is 0.636. The second-order valence-corrected chi connectivity index (χ2v) is 5.91. The maximum atomic E-state index is 11.4. The van der Waals surface area contributed by atoms with Gasteiger partial charge in [0.1, 0.15) is 0 Å². The second-order valence-electron chi connectivity index (χ2n) is 4.29. The van der Waals surface area contributed by atoms with Crippen molar-refractivity contribution >= 4 is 10.8 Å². The van der Waals surface area contributed by atoms with Gasteiger partial charge >= 0.3 is 0 Å². The first kappa shape index (κ1) is 11.2. The molecule has 1 atom stereocenters. The average molecular weight is 203 g/mol. The third-order valence-corrected chi connectivity index (χ3v) is 3.86. The van der Waals surface area contributed by atoms with Crippen molar-refractivity contribution in [2.45, 2.75) is 39.2 Å². The molecule has 1 rings (SSSR count). The van der Waals surface area contributed by atoms with E-state index in [0.29, 0.717) is 5.92 Å². The van der Waals surface area contributed by atoms with Crippen LogP contribution in [0.4, 0.5) is 0 Å². The molecule has 1 aliphatic carbocycles. The minimum atomic E-state index is -0.584. The third kappa shape index (κ3) is 6.22. The predicted octanol–water partition coefficient (Wildman–Crippen LogP) is 1.53. The highest BCUT2D eigenvalue weighted by atomic mass is 32.2. The molecular weight excluding hydrogens is 182 g/mol. The lowest BCUT2D eigenvalue weighted by Gasteiger charge is -2.05. The highest BCUT2D eigenvalue weighted by molar-refractivity contribution is 7.84. The van der Waals surface area contributed by atoms with Crippen LogP contribution in [-0.4, -0.2) is 28.3 Å². The molecule has 0 aromatic rings. The van der Waals surface area contributed by atoms with Crippen LogP contribution in [0.1, 0.15) is 33.1 Å². The molecule has 0 saturated heterocycles. The van der Waals surface area contributed by atoms with E-state index in [1.54, 1.807) is 0 Å². The van der Waals surface area contributed by atoms with Gasteiger partial charge in [-0.25, -0.2) is 0 Å². The van der Waals surface area contributed by atoms with Crippen LogP contribution in [0.15, 0.2) is 0 Å². The molecule has 0 radical (unpaired) electrons. The van der Waals surface area contributed by atoms with Gasteiger partial charge in [0.25, 0.3) is 0 Å². The zero-order valence-electron chi connectivity index (χ0n) is 8.71. The SMILES string of the molecule is CC(C)CS(=O)CCCNC1CC1. The molecule has 0 amide bonds. The van der Waals surface area contributed by atoms with Gasteiger partial charge in [0.2, 0.25) is 0 Å². The summed E-state index contributed by atoms with van der Waals surface area (Å²) >= 11 is 0. The summed E-state index contributed by atoms with van der Waals surface area (Å²) in [4.78, 5) is 0. The first-order chi connectivity index (χ1) is 6.18. The van der Waals surface area contributed by atoms with Gasteiger partial charge in [-0.1, -0.05) is 13.8 Å². The monoisotopic (exact) mass is 203 g/mol. The Kier molecular flexibility index (Phi) is 4.96. The average Bonchev–Trinajstić information content (AvgIpc) is 2.80. The van der Waals surface area contributed by atoms with Gasteiger partial charge in [-0.3, -0.25) is 4.21 Å². The summed E-state index contributed by atoms with van der Waals surface area (Å²) in [5, 5.41) is 3.43. The van der Waals surface area contributed by atoms with Crippen molar-refractivity contribution in [3.8, 4) is 0 Å². The molecule has 1 fully saturated rings. The Morgan fingerprint density at radius 2 is 2.15 bits per heavy atom. The van der Waals surface area contributed by atoms with E-state index in [9.17, 15) is 4.21 Å². The topological polar surface area (TPSA) is 29.1 Å². The van der Waals surface area contributed by atoms with Crippen LogP contribution in [0.25, 0.3) is 0 Å². The van der Waals surface area contributed by atoms with E-state index in [-0.39, 0.29) is 0 Å². The van der Waals surface area contributed by atoms with E-state index >= 15 is 0 Å². The third-order valence-electron chi connectivity index (χ3n) is 2.08. The number of hydrogen-bond acceptors (Lipinski definition) is 2. The first-order valence-corrected chi connectivity index (χ1v) is 6.75. The van der Waals surface area contributed by atoms with Crippen molar-refractivity contribution in [1.29, 1.82) is 0 Å². The van der Waals surface area contributed by atoms with Crippen LogP contribution in [0, 0.1) is 5.92 Å². The molecule has 0 aromatic carbocycles. The van der Waals surface area contributed by atoms with Gasteiger partial charge in [-0.2, -0.15) is 0 Å². The molecule has 0 aromatic heterocycles. The Bertz CT molecular complexity index is 166. The number of hydrogen-bond donors (Lipinski definition) is 1. The molecule has 1 unspecified atom stereocenters. The summed E-state index contributed by atoms with van der Waals surface area (Å²) in [6.07, 6.45) is 3.75. The Labute approximate surface area is 83.9 Å². The largest absolute Gasteiger partial charge is 0.314 e. The lowest BCUT2D eigenvalue weighted by molar-refractivity contribution is 0.647. The van der Waals surface area contributed by atoms with Crippen molar-refractivity contribution < 1.29 is 4.21 Å². The fourth-order valence-corrected chi connectivity index (χ4v) is 2.66. The summed E-state index contributed by atoms with van der Waals surface area (Å²) in [6, 6.07) is 0.790. The highest BCUT2D eigenvalue weighted by Crippen LogP contribution is 2.18. The molecule has 1 aliphatic rings. The standard InChI is InChI=1S/C10H21NOS/c1-9(2)8-13(12)7-3-6-11-10-4-5-10/h9-11H,3-8H2,1-2H3. The van der Waals surface area contributed by atoms with Gasteiger partial charge in [-0.15, -0.1) is 0 Å². The molecule has 78 valence electrons. The molecule has 0 bridgehead atoms. The van der Waals surface area contributed by atoms with Crippen LogP contribution in [0.5, 0.6) is 0 Å². The van der Waals surface area contributed by atoms with Crippen molar-refractivity contribution in [2.75, 3.05) is 18.1 Å². The lowest BCUT2D eigenvalue weighted by Crippen LogP contribution is -2.20. The highest BCUT2D eigenvalue weighted by Gasteiger charge is 2.19. The fraction of sp³-hybridized carbons (Fsp3) is 1.00. The van der Waals surface area contributed by atoms with E-state index in [4.69, 9.17) is 0 Å². The van der Waals surface area contributed by atoms with Gasteiger partial charge in [0, 0.05) is 28.3 Å². The molecule has 1 N–H and O–H groups in total. The number of rotatable bonds is 7. The van der Waals surface area contributed by atoms with E-state index in [1.165, 1.54) is 12.8 Å². The van der Waals surface area contributed by atoms with Gasteiger partial charge in [0.05, 0.1) is 0 Å². The summed E-state index contributed by atoms with van der Waals surface area (Å²) in [5.41, 5.74) is 0. The predicted molar refractivity (Wildman–Crippen MR) is 58.4 cm³/mol. The van der Waals surface area contributed by atoms with Crippen molar-refractivity contribution in [1.82, 2.24) is 5.32 Å². The Balaban J connectivity index is 1.88. The fourth-order valence-electron chi connectivity index (χ4n) is 1.28. The van der Waals surface area contributed by atoms with E-state index < -0.39 is 10.8 Å². The molecule has 1 saturated carbocycles. The molecule has 0 aliphatic heterocycles. The van der Waals surface area contributed by atoms with Crippen molar-refractivity contribution in [3.63, 3.8) is 0 Å². The lowest BCUT2D eigenvalue weighted by atomic mass is 10.3. The zero-order chi connectivity index (χ0) is 9.68. The Morgan fingerprint density at radius 1 is 1.46 bits per heavy atom. The van der Waals surface area contributed by atoms with E-state index in [1.807, 2.05) is 0 Å². The van der Waals surface area contributed by atoms with Crippen LogP contribution in [-0.2, 0) is 10.8 Å². The molecule has 2 nitrogen and oxygen atoms in total. The van der Waals surface area contributed by atoms with Crippen molar-refractivity contribution in [2.24, 2.45) is 5.92 Å². The maximum Gasteiger partial charge on any atom is 0.0257 e. The molecular formula is C10H21NOS. The maximum absolute atomic E-state index is 11.4. The van der Waals surface area contributed by atoms with Gasteiger partial charge < -0.3 is 5.32 Å². The summed E-state index contributed by atoms with van der Waals surface area (Å²) in [5.74, 6) is 2.30. The van der Waals surface area contributed by atoms with Gasteiger partial charge in [-0.05, 0) is 31.7 Å². The van der Waals surface area contributed by atoms with E-state index in [0.717, 1.165) is 30.5 Å². The molecule has 3 heteroatoms. The first-order valence-electron chi connectivity index (χ1n) is 5.27. The number of nitrogens with one attached hydrogen (secondary N) is 1. The van der Waals surface area contributed by atoms with Crippen LogP contribution < -0.4 is 5.32 Å². The zero-order valence-corrected chi connectivity index (χ0v) is 9.53. The van der Waals surface area contributed by atoms with E-state index in [2.05, 4.69) is 19.2 Å². The summed E-state index contributed by atoms with van der Waals surface area (Å²) in [7, 11) is -0.584. The van der Waals surface area contributed by atoms with Crippen molar-refractivity contribution in [3.05, 3.63) is 0 Å². The van der Waals surface area contributed by atoms with Gasteiger partial charge in [0.15, 0.2) is 0 Å². The summed E-state index contributed by atoms with van der Waals surface area (Å²) < 4.78 is 11.4. The summed E-state index contributed by atoms with van der Waals surface area (Å²) in [6.45, 7) is 5.30. The molecule has 13 heavy (non-hydrogen) atoms. The van der Waals surface area contributed by atoms with Crippen LogP contribution >= 0.6 is 0 Å². The van der Waals surface area contributed by atoms with Crippen LogP contribution in [0.3, 0.4) is 0 Å².